The largest absolute Gasteiger partial charge is 0.444 e. The van der Waals surface area contributed by atoms with Crippen molar-refractivity contribution in [3.05, 3.63) is 0 Å². The molecule has 2 aliphatic rings. The normalized spacial score (nSPS) is 21.9. The van der Waals surface area contributed by atoms with E-state index in [4.69, 9.17) is 4.74 Å². The van der Waals surface area contributed by atoms with E-state index in [9.17, 15) is 9.59 Å². The Morgan fingerprint density at radius 2 is 1.89 bits per heavy atom. The quantitative estimate of drug-likeness (QED) is 0.724. The van der Waals surface area contributed by atoms with Gasteiger partial charge in [-0.2, -0.15) is 0 Å². The lowest BCUT2D eigenvalue weighted by Crippen LogP contribution is -2.50. The SMILES string of the molecule is CC(C)(C)OC(=O)N(C1CC1)C(C=O)C1CCC1. The summed E-state index contributed by atoms with van der Waals surface area (Å²) in [5.41, 5.74) is -0.503. The number of hydrogen-bond acceptors (Lipinski definition) is 3. The van der Waals surface area contributed by atoms with E-state index in [-0.39, 0.29) is 18.2 Å². The molecule has 1 atom stereocenters. The van der Waals surface area contributed by atoms with E-state index in [1.165, 1.54) is 6.42 Å². The van der Waals surface area contributed by atoms with Crippen LogP contribution in [0.1, 0.15) is 52.9 Å². The molecule has 1 unspecified atom stereocenters. The Bertz CT molecular complexity index is 326. The first kappa shape index (κ1) is 13.4. The molecule has 0 radical (unpaired) electrons. The lowest BCUT2D eigenvalue weighted by atomic mass is 9.79. The second kappa shape index (κ2) is 4.90. The molecule has 4 heteroatoms. The van der Waals surface area contributed by atoms with Gasteiger partial charge in [0.25, 0.3) is 0 Å². The number of nitrogens with zero attached hydrogens (tertiary/aromatic N) is 1. The van der Waals surface area contributed by atoms with E-state index in [1.807, 2.05) is 20.8 Å². The summed E-state index contributed by atoms with van der Waals surface area (Å²) in [6.07, 6.45) is 5.87. The number of ether oxygens (including phenoxy) is 1. The van der Waals surface area contributed by atoms with Crippen LogP contribution in [0.4, 0.5) is 4.79 Å². The number of rotatable bonds is 4. The van der Waals surface area contributed by atoms with Gasteiger partial charge >= 0.3 is 6.09 Å². The van der Waals surface area contributed by atoms with Crippen LogP contribution in [0.3, 0.4) is 0 Å². The summed E-state index contributed by atoms with van der Waals surface area (Å²) in [6.45, 7) is 5.57. The number of amides is 1. The van der Waals surface area contributed by atoms with E-state index < -0.39 is 5.60 Å². The summed E-state index contributed by atoms with van der Waals surface area (Å²) in [6, 6.07) is -0.0586. The van der Waals surface area contributed by atoms with Gasteiger partial charge in [-0.15, -0.1) is 0 Å². The van der Waals surface area contributed by atoms with Gasteiger partial charge in [-0.1, -0.05) is 6.42 Å². The van der Waals surface area contributed by atoms with Gasteiger partial charge < -0.3 is 9.53 Å². The van der Waals surface area contributed by atoms with Crippen molar-refractivity contribution in [3.63, 3.8) is 0 Å². The molecular weight excluding hydrogens is 230 g/mol. The minimum Gasteiger partial charge on any atom is -0.444 e. The molecule has 0 aromatic heterocycles. The average molecular weight is 253 g/mol. The van der Waals surface area contributed by atoms with Crippen LogP contribution in [-0.2, 0) is 9.53 Å². The lowest BCUT2D eigenvalue weighted by molar-refractivity contribution is -0.115. The molecule has 0 spiro atoms. The fourth-order valence-electron chi connectivity index (χ4n) is 2.37. The van der Waals surface area contributed by atoms with E-state index in [0.29, 0.717) is 5.92 Å². The molecule has 2 rings (SSSR count). The highest BCUT2D eigenvalue weighted by Gasteiger charge is 2.43. The van der Waals surface area contributed by atoms with Gasteiger partial charge in [0.1, 0.15) is 11.9 Å². The molecule has 4 nitrogen and oxygen atoms in total. The van der Waals surface area contributed by atoms with Crippen molar-refractivity contribution < 1.29 is 14.3 Å². The Labute approximate surface area is 109 Å². The number of hydrogen-bond donors (Lipinski definition) is 0. The van der Waals surface area contributed by atoms with Gasteiger partial charge in [-0.25, -0.2) is 4.79 Å². The van der Waals surface area contributed by atoms with Gasteiger partial charge in [0.2, 0.25) is 0 Å². The molecule has 102 valence electrons. The topological polar surface area (TPSA) is 46.6 Å². The maximum atomic E-state index is 12.2. The van der Waals surface area contributed by atoms with Crippen molar-refractivity contribution in [2.24, 2.45) is 5.92 Å². The zero-order valence-electron chi connectivity index (χ0n) is 11.5. The van der Waals surface area contributed by atoms with Crippen LogP contribution in [0.2, 0.25) is 0 Å². The molecular formula is C14H23NO3. The zero-order valence-corrected chi connectivity index (χ0v) is 11.5. The lowest BCUT2D eigenvalue weighted by Gasteiger charge is -2.38. The highest BCUT2D eigenvalue weighted by molar-refractivity contribution is 5.75. The van der Waals surface area contributed by atoms with Gasteiger partial charge in [-0.05, 0) is 52.4 Å². The maximum absolute atomic E-state index is 12.2. The molecule has 0 aromatic rings. The predicted molar refractivity (Wildman–Crippen MR) is 68.3 cm³/mol. The smallest absolute Gasteiger partial charge is 0.411 e. The number of carbonyl (C=O) groups is 2. The van der Waals surface area contributed by atoms with Crippen LogP contribution in [0, 0.1) is 5.92 Å². The number of carbonyl (C=O) groups excluding carboxylic acids is 2. The summed E-state index contributed by atoms with van der Waals surface area (Å²) in [5, 5.41) is 0. The highest BCUT2D eigenvalue weighted by atomic mass is 16.6. The molecule has 0 heterocycles. The monoisotopic (exact) mass is 253 g/mol. The second-order valence-electron chi connectivity index (χ2n) is 6.44. The van der Waals surface area contributed by atoms with Crippen LogP contribution < -0.4 is 0 Å². The van der Waals surface area contributed by atoms with Crippen LogP contribution in [0.25, 0.3) is 0 Å². The van der Waals surface area contributed by atoms with Gasteiger partial charge in [-0.3, -0.25) is 4.90 Å². The third-order valence-corrected chi connectivity index (χ3v) is 3.64. The summed E-state index contributed by atoms with van der Waals surface area (Å²) < 4.78 is 5.43. The Hall–Kier alpha value is -1.06. The van der Waals surface area contributed by atoms with E-state index in [2.05, 4.69) is 0 Å². The standard InChI is InChI=1S/C14H23NO3/c1-14(2,3)18-13(17)15(11-7-8-11)12(9-16)10-5-4-6-10/h9-12H,4-8H2,1-3H3. The molecule has 2 saturated carbocycles. The molecule has 2 aliphatic carbocycles. The first-order valence-electron chi connectivity index (χ1n) is 6.89. The number of aldehydes is 1. The molecule has 0 aromatic carbocycles. The van der Waals surface area contributed by atoms with Gasteiger partial charge in [0.05, 0.1) is 6.04 Å². The molecule has 0 saturated heterocycles. The molecule has 0 N–H and O–H groups in total. The van der Waals surface area contributed by atoms with E-state index in [1.54, 1.807) is 4.90 Å². The zero-order chi connectivity index (χ0) is 13.3. The summed E-state index contributed by atoms with van der Waals surface area (Å²) >= 11 is 0. The van der Waals surface area contributed by atoms with Crippen LogP contribution >= 0.6 is 0 Å². The fourth-order valence-corrected chi connectivity index (χ4v) is 2.37. The predicted octanol–water partition coefficient (Wildman–Crippen LogP) is 2.75. The molecule has 0 bridgehead atoms. The Balaban J connectivity index is 2.06. The first-order chi connectivity index (χ1) is 8.42. The highest BCUT2D eigenvalue weighted by Crippen LogP contribution is 2.37. The fraction of sp³-hybridized carbons (Fsp3) is 0.857. The van der Waals surface area contributed by atoms with Gasteiger partial charge in [0.15, 0.2) is 0 Å². The van der Waals surface area contributed by atoms with Crippen LogP contribution in [-0.4, -0.2) is 35.0 Å². The third kappa shape index (κ3) is 3.03. The average Bonchev–Trinajstić information content (AvgIpc) is 2.94. The summed E-state index contributed by atoms with van der Waals surface area (Å²) in [4.78, 5) is 25.3. The van der Waals surface area contributed by atoms with Crippen molar-refractivity contribution in [2.75, 3.05) is 0 Å². The Morgan fingerprint density at radius 3 is 2.22 bits per heavy atom. The van der Waals surface area contributed by atoms with Crippen molar-refractivity contribution in [3.8, 4) is 0 Å². The molecule has 2 fully saturated rings. The molecule has 18 heavy (non-hydrogen) atoms. The minimum absolute atomic E-state index is 0.218. The van der Waals surface area contributed by atoms with Crippen LogP contribution in [0.15, 0.2) is 0 Å². The minimum atomic E-state index is -0.503. The van der Waals surface area contributed by atoms with Crippen molar-refractivity contribution in [1.29, 1.82) is 0 Å². The summed E-state index contributed by atoms with van der Waals surface area (Å²) in [7, 11) is 0. The first-order valence-corrected chi connectivity index (χ1v) is 6.89. The third-order valence-electron chi connectivity index (χ3n) is 3.64. The van der Waals surface area contributed by atoms with Gasteiger partial charge in [0, 0.05) is 6.04 Å². The van der Waals surface area contributed by atoms with Crippen molar-refractivity contribution >= 4 is 12.4 Å². The maximum Gasteiger partial charge on any atom is 0.411 e. The van der Waals surface area contributed by atoms with Crippen LogP contribution in [0.5, 0.6) is 0 Å². The Kier molecular flexibility index (Phi) is 3.64. The van der Waals surface area contributed by atoms with E-state index >= 15 is 0 Å². The van der Waals surface area contributed by atoms with E-state index in [0.717, 1.165) is 32.0 Å². The molecule has 0 aliphatic heterocycles. The van der Waals surface area contributed by atoms with Crippen molar-refractivity contribution in [2.45, 2.75) is 70.6 Å². The second-order valence-corrected chi connectivity index (χ2v) is 6.44. The Morgan fingerprint density at radius 1 is 1.28 bits per heavy atom. The summed E-state index contributed by atoms with van der Waals surface area (Å²) in [5.74, 6) is 0.343. The molecule has 1 amide bonds. The van der Waals surface area contributed by atoms with Crippen molar-refractivity contribution in [1.82, 2.24) is 4.90 Å².